The van der Waals surface area contributed by atoms with Crippen LogP contribution in [0.25, 0.3) is 0 Å². The number of esters is 1. The van der Waals surface area contributed by atoms with Gasteiger partial charge < -0.3 is 9.30 Å². The first kappa shape index (κ1) is 12.5. The van der Waals surface area contributed by atoms with Gasteiger partial charge in [0.1, 0.15) is 6.04 Å². The van der Waals surface area contributed by atoms with Crippen molar-refractivity contribution in [3.8, 4) is 0 Å². The Morgan fingerprint density at radius 3 is 2.81 bits per heavy atom. The van der Waals surface area contributed by atoms with Gasteiger partial charge in [0.2, 0.25) is 0 Å². The van der Waals surface area contributed by atoms with Crippen LogP contribution in [0.2, 0.25) is 0 Å². The number of aryl methyl sites for hydroxylation is 1. The number of carbonyl (C=O) groups is 1. The van der Waals surface area contributed by atoms with Crippen molar-refractivity contribution in [2.75, 3.05) is 6.61 Å². The van der Waals surface area contributed by atoms with Crippen molar-refractivity contribution in [1.29, 1.82) is 0 Å². The topological polar surface area (TPSA) is 48.3 Å². The summed E-state index contributed by atoms with van der Waals surface area (Å²) in [6.07, 6.45) is 2.45. The minimum Gasteiger partial charge on any atom is -0.464 e. The molecule has 1 atom stereocenters. The van der Waals surface area contributed by atoms with E-state index in [4.69, 9.17) is 4.74 Å². The van der Waals surface area contributed by atoms with Gasteiger partial charge in [0.25, 0.3) is 5.56 Å². The molecular formula is C12H17NO3. The van der Waals surface area contributed by atoms with Gasteiger partial charge in [0, 0.05) is 12.3 Å². The molecule has 0 saturated heterocycles. The molecular weight excluding hydrogens is 206 g/mol. The van der Waals surface area contributed by atoms with Gasteiger partial charge in [0.05, 0.1) is 6.61 Å². The van der Waals surface area contributed by atoms with Gasteiger partial charge in [0.15, 0.2) is 0 Å². The summed E-state index contributed by atoms with van der Waals surface area (Å²) in [5.74, 6) is -0.366. The van der Waals surface area contributed by atoms with E-state index in [9.17, 15) is 9.59 Å². The second-order valence-electron chi connectivity index (χ2n) is 3.80. The van der Waals surface area contributed by atoms with Gasteiger partial charge in [-0.2, -0.15) is 0 Å². The Labute approximate surface area is 94.9 Å². The summed E-state index contributed by atoms with van der Waals surface area (Å²) in [7, 11) is 0. The molecule has 4 nitrogen and oxygen atoms in total. The molecule has 1 rings (SSSR count). The second kappa shape index (κ2) is 5.49. The molecule has 0 radical (unpaired) electrons. The Morgan fingerprint density at radius 1 is 1.50 bits per heavy atom. The Kier molecular flexibility index (Phi) is 4.28. The summed E-state index contributed by atoms with van der Waals surface area (Å²) in [5, 5.41) is 0. The molecule has 1 aromatic rings. The van der Waals surface area contributed by atoms with Crippen molar-refractivity contribution in [2.45, 2.75) is 33.2 Å². The summed E-state index contributed by atoms with van der Waals surface area (Å²) in [5.41, 5.74) is 0.751. The average molecular weight is 223 g/mol. The minimum absolute atomic E-state index is 0.188. The van der Waals surface area contributed by atoms with Crippen LogP contribution in [-0.2, 0) is 9.53 Å². The maximum absolute atomic E-state index is 11.6. The van der Waals surface area contributed by atoms with Crippen LogP contribution in [-0.4, -0.2) is 17.1 Å². The normalized spacial score (nSPS) is 12.2. The number of rotatable bonds is 4. The molecule has 0 aliphatic rings. The molecule has 0 amide bonds. The monoisotopic (exact) mass is 223 g/mol. The van der Waals surface area contributed by atoms with Gasteiger partial charge in [-0.15, -0.1) is 0 Å². The van der Waals surface area contributed by atoms with Crippen molar-refractivity contribution in [3.63, 3.8) is 0 Å². The minimum atomic E-state index is -0.570. The molecule has 0 fully saturated rings. The van der Waals surface area contributed by atoms with Gasteiger partial charge in [-0.1, -0.05) is 13.0 Å². The summed E-state index contributed by atoms with van der Waals surface area (Å²) in [6.45, 7) is 5.86. The molecule has 88 valence electrons. The molecule has 1 aromatic heterocycles. The lowest BCUT2D eigenvalue weighted by Gasteiger charge is -2.14. The molecule has 0 aliphatic carbocycles. The highest BCUT2D eigenvalue weighted by molar-refractivity contribution is 5.73. The molecule has 0 spiro atoms. The molecule has 1 heterocycles. The van der Waals surface area contributed by atoms with E-state index in [0.717, 1.165) is 12.0 Å². The molecule has 1 unspecified atom stereocenters. The summed E-state index contributed by atoms with van der Waals surface area (Å²) < 4.78 is 6.40. The third kappa shape index (κ3) is 2.95. The van der Waals surface area contributed by atoms with Gasteiger partial charge in [-0.25, -0.2) is 4.79 Å². The van der Waals surface area contributed by atoms with Gasteiger partial charge in [-0.3, -0.25) is 4.79 Å². The fraction of sp³-hybridized carbons (Fsp3) is 0.500. The molecule has 4 heteroatoms. The zero-order valence-corrected chi connectivity index (χ0v) is 9.90. The van der Waals surface area contributed by atoms with Gasteiger partial charge >= 0.3 is 5.97 Å². The fourth-order valence-corrected chi connectivity index (χ4v) is 1.35. The number of aromatic nitrogens is 1. The highest BCUT2D eigenvalue weighted by Crippen LogP contribution is 2.06. The van der Waals surface area contributed by atoms with Crippen molar-refractivity contribution in [1.82, 2.24) is 4.57 Å². The number of ether oxygens (including phenoxy) is 1. The van der Waals surface area contributed by atoms with E-state index >= 15 is 0 Å². The van der Waals surface area contributed by atoms with E-state index in [0.29, 0.717) is 6.61 Å². The Morgan fingerprint density at radius 2 is 2.19 bits per heavy atom. The van der Waals surface area contributed by atoms with Crippen LogP contribution in [0.3, 0.4) is 0 Å². The van der Waals surface area contributed by atoms with Crippen molar-refractivity contribution in [2.24, 2.45) is 0 Å². The van der Waals surface area contributed by atoms with E-state index < -0.39 is 6.04 Å². The lowest BCUT2D eigenvalue weighted by Crippen LogP contribution is -2.28. The fourth-order valence-electron chi connectivity index (χ4n) is 1.35. The van der Waals surface area contributed by atoms with E-state index in [1.807, 2.05) is 13.8 Å². The third-order valence-corrected chi connectivity index (χ3v) is 2.29. The summed E-state index contributed by atoms with van der Waals surface area (Å²) >= 11 is 0. The maximum Gasteiger partial charge on any atom is 0.328 e. The third-order valence-electron chi connectivity index (χ3n) is 2.29. The predicted octanol–water partition coefficient (Wildman–Crippen LogP) is 1.67. The lowest BCUT2D eigenvalue weighted by molar-refractivity contribution is -0.147. The maximum atomic E-state index is 11.6. The van der Waals surface area contributed by atoms with Gasteiger partial charge in [-0.05, 0) is 25.8 Å². The average Bonchev–Trinajstić information content (AvgIpc) is 2.28. The first-order valence-electron chi connectivity index (χ1n) is 5.41. The number of nitrogens with zero attached hydrogens (tertiary/aromatic N) is 1. The van der Waals surface area contributed by atoms with Crippen LogP contribution in [0.15, 0.2) is 23.1 Å². The molecule has 0 saturated carbocycles. The standard InChI is InChI=1S/C12H17NO3/c1-4-7-16-12(15)10(3)13-8-9(2)5-6-11(13)14/h5-6,8,10H,4,7H2,1-3H3. The number of carbonyl (C=O) groups excluding carboxylic acids is 1. The molecule has 16 heavy (non-hydrogen) atoms. The Balaban J connectivity index is 2.87. The number of pyridine rings is 1. The molecule has 0 aliphatic heterocycles. The summed E-state index contributed by atoms with van der Waals surface area (Å²) in [6, 6.07) is 2.61. The van der Waals surface area contributed by atoms with Crippen LogP contribution >= 0.6 is 0 Å². The van der Waals surface area contributed by atoms with Crippen molar-refractivity contribution in [3.05, 3.63) is 34.2 Å². The van der Waals surface area contributed by atoms with E-state index in [1.165, 1.54) is 10.6 Å². The zero-order valence-electron chi connectivity index (χ0n) is 9.90. The summed E-state index contributed by atoms with van der Waals surface area (Å²) in [4.78, 5) is 23.1. The molecule has 0 aromatic carbocycles. The lowest BCUT2D eigenvalue weighted by atomic mass is 10.2. The van der Waals surface area contributed by atoms with Crippen LogP contribution in [0, 0.1) is 6.92 Å². The van der Waals surface area contributed by atoms with Crippen LogP contribution < -0.4 is 5.56 Å². The number of hydrogen-bond donors (Lipinski definition) is 0. The SMILES string of the molecule is CCCOC(=O)C(C)n1cc(C)ccc1=O. The Hall–Kier alpha value is -1.58. The highest BCUT2D eigenvalue weighted by atomic mass is 16.5. The van der Waals surface area contributed by atoms with Crippen LogP contribution in [0.1, 0.15) is 31.9 Å². The Bertz CT molecular complexity index is 423. The quantitative estimate of drug-likeness (QED) is 0.729. The second-order valence-corrected chi connectivity index (χ2v) is 3.80. The molecule has 0 bridgehead atoms. The van der Waals surface area contributed by atoms with Crippen LogP contribution in [0.5, 0.6) is 0 Å². The van der Waals surface area contributed by atoms with Crippen molar-refractivity contribution < 1.29 is 9.53 Å². The van der Waals surface area contributed by atoms with Crippen LogP contribution in [0.4, 0.5) is 0 Å². The predicted molar refractivity (Wildman–Crippen MR) is 61.4 cm³/mol. The largest absolute Gasteiger partial charge is 0.464 e. The molecule has 0 N–H and O–H groups in total. The highest BCUT2D eigenvalue weighted by Gasteiger charge is 2.16. The van der Waals surface area contributed by atoms with E-state index in [-0.39, 0.29) is 11.5 Å². The number of hydrogen-bond acceptors (Lipinski definition) is 3. The van der Waals surface area contributed by atoms with E-state index in [2.05, 4.69) is 0 Å². The van der Waals surface area contributed by atoms with Crippen molar-refractivity contribution >= 4 is 5.97 Å². The smallest absolute Gasteiger partial charge is 0.328 e. The zero-order chi connectivity index (χ0) is 12.1. The first-order chi connectivity index (χ1) is 7.56. The van der Waals surface area contributed by atoms with E-state index in [1.54, 1.807) is 19.2 Å². The first-order valence-corrected chi connectivity index (χ1v) is 5.41.